The summed E-state index contributed by atoms with van der Waals surface area (Å²) in [4.78, 5) is 15.8. The molecular weight excluding hydrogens is 646 g/mol. The van der Waals surface area contributed by atoms with E-state index in [0.717, 1.165) is 24.0 Å². The van der Waals surface area contributed by atoms with Crippen molar-refractivity contribution in [1.29, 1.82) is 0 Å². The van der Waals surface area contributed by atoms with E-state index in [2.05, 4.69) is 74.6 Å². The van der Waals surface area contributed by atoms with Crippen molar-refractivity contribution in [2.75, 3.05) is 0 Å². The Labute approximate surface area is 218 Å². The number of oxime groups is 1. The first-order valence-electron chi connectivity index (χ1n) is 9.98. The maximum atomic E-state index is 10.9. The molecule has 0 amide bonds. The zero-order valence-corrected chi connectivity index (χ0v) is 21.6. The molecule has 0 saturated carbocycles. The van der Waals surface area contributed by atoms with E-state index >= 15 is 0 Å². The highest BCUT2D eigenvalue weighted by atomic mass is 127. The van der Waals surface area contributed by atoms with Crippen molar-refractivity contribution in [3.63, 3.8) is 0 Å². The Morgan fingerprint density at radius 1 is 0.909 bits per heavy atom. The second-order valence-electron chi connectivity index (χ2n) is 7.18. The maximum absolute atomic E-state index is 10.9. The third-order valence-electron chi connectivity index (χ3n) is 4.90. The van der Waals surface area contributed by atoms with Crippen molar-refractivity contribution in [3.8, 4) is 5.75 Å². The van der Waals surface area contributed by atoms with E-state index in [9.17, 15) is 10.1 Å². The molecule has 0 aliphatic rings. The summed E-state index contributed by atoms with van der Waals surface area (Å²) >= 11 is 4.51. The molecule has 0 unspecified atom stereocenters. The van der Waals surface area contributed by atoms with Gasteiger partial charge in [-0.15, -0.1) is 0 Å². The minimum atomic E-state index is -0.430. The minimum absolute atomic E-state index is 0.0308. The summed E-state index contributed by atoms with van der Waals surface area (Å²) < 4.78 is 8.13. The summed E-state index contributed by atoms with van der Waals surface area (Å²) in [6, 6.07) is 24.8. The zero-order valence-electron chi connectivity index (χ0n) is 17.3. The Balaban J connectivity index is 1.40. The average Bonchev–Trinajstić information content (AvgIpc) is 2.81. The molecule has 0 spiro atoms. The van der Waals surface area contributed by atoms with Crippen LogP contribution in [0.25, 0.3) is 10.8 Å². The Bertz CT molecular complexity index is 1310. The molecule has 0 aliphatic carbocycles. The average molecular weight is 664 g/mol. The number of fused-ring (bicyclic) bond motifs is 1. The van der Waals surface area contributed by atoms with Crippen LogP contribution in [-0.4, -0.2) is 11.1 Å². The number of hydrogen-bond donors (Lipinski definition) is 0. The van der Waals surface area contributed by atoms with Crippen LogP contribution in [-0.2, 0) is 18.1 Å². The molecule has 0 radical (unpaired) electrons. The summed E-state index contributed by atoms with van der Waals surface area (Å²) in [5.41, 5.74) is 2.73. The van der Waals surface area contributed by atoms with E-state index in [0.29, 0.717) is 12.2 Å². The SMILES string of the molecule is O=[N+]([O-])c1cccc(CO/N=C\c2cc(I)c(OCc3cccc4ccccc34)c(I)c2)c1. The molecule has 166 valence electrons. The molecule has 33 heavy (non-hydrogen) atoms. The number of ether oxygens (including phenoxy) is 1. The smallest absolute Gasteiger partial charge is 0.269 e. The highest BCUT2D eigenvalue weighted by Gasteiger charge is 2.10. The van der Waals surface area contributed by atoms with Crippen LogP contribution in [0.1, 0.15) is 16.7 Å². The number of halogens is 2. The molecule has 4 aromatic rings. The molecule has 0 atom stereocenters. The number of nitro benzene ring substituents is 1. The Morgan fingerprint density at radius 3 is 2.42 bits per heavy atom. The summed E-state index contributed by atoms with van der Waals surface area (Å²) in [5.74, 6) is 0.832. The number of nitrogens with zero attached hydrogens (tertiary/aromatic N) is 2. The predicted octanol–water partition coefficient (Wildman–Crippen LogP) is 7.09. The van der Waals surface area contributed by atoms with Crippen molar-refractivity contribution < 1.29 is 14.5 Å². The Kier molecular flexibility index (Phi) is 7.76. The van der Waals surface area contributed by atoms with Crippen LogP contribution in [0.15, 0.2) is 84.0 Å². The van der Waals surface area contributed by atoms with Crippen molar-refractivity contribution in [3.05, 3.63) is 113 Å². The lowest BCUT2D eigenvalue weighted by atomic mass is 10.1. The Hall–Kier alpha value is -2.73. The van der Waals surface area contributed by atoms with Gasteiger partial charge in [0.1, 0.15) is 19.0 Å². The third kappa shape index (κ3) is 5.99. The molecule has 0 aromatic heterocycles. The van der Waals surface area contributed by atoms with Crippen LogP contribution in [0.5, 0.6) is 5.75 Å². The first-order valence-corrected chi connectivity index (χ1v) is 12.1. The van der Waals surface area contributed by atoms with E-state index in [4.69, 9.17) is 9.57 Å². The highest BCUT2D eigenvalue weighted by Crippen LogP contribution is 2.30. The van der Waals surface area contributed by atoms with Crippen LogP contribution in [0.2, 0.25) is 0 Å². The van der Waals surface area contributed by atoms with Gasteiger partial charge in [-0.25, -0.2) is 0 Å². The summed E-state index contributed by atoms with van der Waals surface area (Å²) in [6.07, 6.45) is 1.62. The molecule has 6 nitrogen and oxygen atoms in total. The summed E-state index contributed by atoms with van der Waals surface area (Å²) in [5, 5.41) is 17.3. The molecule has 0 heterocycles. The second-order valence-corrected chi connectivity index (χ2v) is 9.50. The highest BCUT2D eigenvalue weighted by molar-refractivity contribution is 14.1. The predicted molar refractivity (Wildman–Crippen MR) is 146 cm³/mol. The monoisotopic (exact) mass is 664 g/mol. The van der Waals surface area contributed by atoms with Gasteiger partial charge in [0.2, 0.25) is 0 Å². The lowest BCUT2D eigenvalue weighted by Gasteiger charge is -2.13. The van der Waals surface area contributed by atoms with Crippen LogP contribution in [0.4, 0.5) is 5.69 Å². The van der Waals surface area contributed by atoms with Crippen molar-refractivity contribution >= 4 is 67.9 Å². The number of nitro groups is 1. The molecule has 0 N–H and O–H groups in total. The fraction of sp³-hybridized carbons (Fsp3) is 0.0800. The molecule has 8 heteroatoms. The number of benzene rings is 4. The first-order chi connectivity index (χ1) is 16.0. The standard InChI is InChI=1S/C25H18I2N2O4/c26-23-12-18(14-28-33-15-17-5-3-9-21(11-17)29(30)31)13-24(27)25(23)32-16-20-8-4-7-19-6-1-2-10-22(19)20/h1-14H,15-16H2/b28-14-. The molecule has 0 aliphatic heterocycles. The van der Waals surface area contributed by atoms with Gasteiger partial charge in [0.25, 0.3) is 5.69 Å². The van der Waals surface area contributed by atoms with Gasteiger partial charge in [-0.1, -0.05) is 59.8 Å². The summed E-state index contributed by atoms with van der Waals surface area (Å²) in [6.45, 7) is 0.631. The lowest BCUT2D eigenvalue weighted by Crippen LogP contribution is -2.01. The third-order valence-corrected chi connectivity index (χ3v) is 6.50. The Morgan fingerprint density at radius 2 is 1.64 bits per heavy atom. The van der Waals surface area contributed by atoms with Gasteiger partial charge in [-0.3, -0.25) is 10.1 Å². The van der Waals surface area contributed by atoms with Crippen molar-refractivity contribution in [2.45, 2.75) is 13.2 Å². The van der Waals surface area contributed by atoms with Crippen molar-refractivity contribution in [1.82, 2.24) is 0 Å². The molecule has 0 saturated heterocycles. The van der Waals surface area contributed by atoms with E-state index in [1.807, 2.05) is 30.3 Å². The number of non-ortho nitro benzene ring substituents is 1. The molecule has 0 fully saturated rings. The van der Waals surface area contributed by atoms with E-state index < -0.39 is 4.92 Å². The van der Waals surface area contributed by atoms with Gasteiger partial charge in [-0.2, -0.15) is 0 Å². The lowest BCUT2D eigenvalue weighted by molar-refractivity contribution is -0.384. The largest absolute Gasteiger partial charge is 0.487 e. The fourth-order valence-electron chi connectivity index (χ4n) is 3.33. The first kappa shape index (κ1) is 23.4. The van der Waals surface area contributed by atoms with E-state index in [1.165, 1.54) is 22.9 Å². The molecular formula is C25H18I2N2O4. The van der Waals surface area contributed by atoms with Crippen LogP contribution >= 0.6 is 45.2 Å². The quantitative estimate of drug-likeness (QED) is 0.0874. The second kappa shape index (κ2) is 10.9. The minimum Gasteiger partial charge on any atom is -0.487 e. The van der Waals surface area contributed by atoms with Gasteiger partial charge >= 0.3 is 0 Å². The fourth-order valence-corrected chi connectivity index (χ4v) is 5.46. The van der Waals surface area contributed by atoms with Gasteiger partial charge in [0, 0.05) is 12.1 Å². The summed E-state index contributed by atoms with van der Waals surface area (Å²) in [7, 11) is 0. The molecule has 4 aromatic carbocycles. The molecule has 4 rings (SSSR count). The van der Waals surface area contributed by atoms with Gasteiger partial charge < -0.3 is 9.57 Å². The van der Waals surface area contributed by atoms with Gasteiger partial charge in [0.15, 0.2) is 0 Å². The van der Waals surface area contributed by atoms with Gasteiger partial charge in [-0.05, 0) is 84.8 Å². The zero-order chi connectivity index (χ0) is 23.2. The van der Waals surface area contributed by atoms with Gasteiger partial charge in [0.05, 0.1) is 18.3 Å². The number of hydrogen-bond acceptors (Lipinski definition) is 5. The van der Waals surface area contributed by atoms with Crippen LogP contribution in [0.3, 0.4) is 0 Å². The normalized spacial score (nSPS) is 11.1. The number of rotatable bonds is 8. The maximum Gasteiger partial charge on any atom is 0.269 e. The molecule has 0 bridgehead atoms. The topological polar surface area (TPSA) is 74.0 Å². The van der Waals surface area contributed by atoms with Crippen molar-refractivity contribution in [2.24, 2.45) is 5.16 Å². The van der Waals surface area contributed by atoms with Crippen LogP contribution in [0, 0.1) is 17.3 Å². The van der Waals surface area contributed by atoms with E-state index in [1.54, 1.807) is 18.3 Å². The van der Waals surface area contributed by atoms with E-state index in [-0.39, 0.29) is 12.3 Å². The van der Waals surface area contributed by atoms with Crippen LogP contribution < -0.4 is 4.74 Å².